The fourth-order valence-electron chi connectivity index (χ4n) is 2.16. The lowest BCUT2D eigenvalue weighted by molar-refractivity contribution is 0.116. The van der Waals surface area contributed by atoms with E-state index in [2.05, 4.69) is 0 Å². The van der Waals surface area contributed by atoms with Gasteiger partial charge in [0.1, 0.15) is 0 Å². The highest BCUT2D eigenvalue weighted by Crippen LogP contribution is 2.24. The van der Waals surface area contributed by atoms with Crippen molar-refractivity contribution in [2.45, 2.75) is 23.5 Å². The third kappa shape index (κ3) is 2.89. The summed E-state index contributed by atoms with van der Waals surface area (Å²) in [4.78, 5) is 13.3. The lowest BCUT2D eigenvalue weighted by Gasteiger charge is -2.15. The van der Waals surface area contributed by atoms with Gasteiger partial charge in [0.2, 0.25) is 0 Å². The molecule has 0 bridgehead atoms. The fourth-order valence-corrected chi connectivity index (χ4v) is 3.88. The van der Waals surface area contributed by atoms with Crippen molar-refractivity contribution < 1.29 is 17.9 Å². The van der Waals surface area contributed by atoms with Crippen molar-refractivity contribution >= 4 is 15.9 Å². The van der Waals surface area contributed by atoms with Crippen LogP contribution in [0.15, 0.2) is 35.2 Å². The van der Waals surface area contributed by atoms with Crippen molar-refractivity contribution in [1.29, 1.82) is 0 Å². The number of hydrogen-bond acceptors (Lipinski definition) is 4. The van der Waals surface area contributed by atoms with Crippen LogP contribution in [0, 0.1) is 0 Å². The monoisotopic (exact) mass is 283 g/mol. The number of benzene rings is 1. The summed E-state index contributed by atoms with van der Waals surface area (Å²) in [5.41, 5.74) is 0. The molecule has 6 heteroatoms. The van der Waals surface area contributed by atoms with Gasteiger partial charge in [0.25, 0.3) is 0 Å². The number of rotatable bonds is 3. The largest absolute Gasteiger partial charge is 0.450 e. The molecule has 1 aliphatic rings. The molecule has 1 aliphatic heterocycles. The summed E-state index contributed by atoms with van der Waals surface area (Å²) >= 11 is 0. The standard InChI is InChI=1S/C13H17NO4S/c1-2-18-13(15)14-9-8-12(10-14)19(16,17)11-6-4-3-5-7-11/h3-7,12H,2,8-10H2,1H3. The molecule has 0 spiro atoms. The molecule has 1 fully saturated rings. The predicted octanol–water partition coefficient (Wildman–Crippen LogP) is 1.69. The summed E-state index contributed by atoms with van der Waals surface area (Å²) < 4.78 is 29.6. The normalized spacial score (nSPS) is 19.4. The molecule has 1 aromatic carbocycles. The Balaban J connectivity index is 2.11. The van der Waals surface area contributed by atoms with Crippen LogP contribution in [-0.2, 0) is 14.6 Å². The van der Waals surface area contributed by atoms with E-state index >= 15 is 0 Å². The number of amides is 1. The molecule has 19 heavy (non-hydrogen) atoms. The Morgan fingerprint density at radius 2 is 2.05 bits per heavy atom. The number of likely N-dealkylation sites (tertiary alicyclic amines) is 1. The molecule has 1 amide bonds. The SMILES string of the molecule is CCOC(=O)N1CCC(S(=O)(=O)c2ccccc2)C1. The van der Waals surface area contributed by atoms with Gasteiger partial charge >= 0.3 is 6.09 Å². The van der Waals surface area contributed by atoms with Crippen LogP contribution in [-0.4, -0.2) is 44.4 Å². The summed E-state index contributed by atoms with van der Waals surface area (Å²) in [7, 11) is -3.37. The van der Waals surface area contributed by atoms with Crippen LogP contribution in [0.25, 0.3) is 0 Å². The van der Waals surface area contributed by atoms with Gasteiger partial charge in [-0.1, -0.05) is 18.2 Å². The fraction of sp³-hybridized carbons (Fsp3) is 0.462. The second kappa shape index (κ2) is 5.61. The van der Waals surface area contributed by atoms with Gasteiger partial charge in [0.05, 0.1) is 16.8 Å². The van der Waals surface area contributed by atoms with Gasteiger partial charge in [-0.25, -0.2) is 13.2 Å². The molecule has 104 valence electrons. The molecule has 1 saturated heterocycles. The van der Waals surface area contributed by atoms with Crippen LogP contribution in [0.4, 0.5) is 4.79 Å². The Bertz CT molecular complexity index is 541. The van der Waals surface area contributed by atoms with Crippen LogP contribution >= 0.6 is 0 Å². The van der Waals surface area contributed by atoms with Crippen molar-refractivity contribution in [2.75, 3.05) is 19.7 Å². The first-order valence-corrected chi connectivity index (χ1v) is 7.81. The summed E-state index contributed by atoms with van der Waals surface area (Å²) in [6, 6.07) is 8.35. The van der Waals surface area contributed by atoms with Crippen LogP contribution < -0.4 is 0 Å². The van der Waals surface area contributed by atoms with Gasteiger partial charge < -0.3 is 9.64 Å². The summed E-state index contributed by atoms with van der Waals surface area (Å²) in [6.45, 7) is 2.66. The van der Waals surface area contributed by atoms with Gasteiger partial charge in [-0.15, -0.1) is 0 Å². The highest BCUT2D eigenvalue weighted by Gasteiger charge is 2.36. The molecule has 0 aliphatic carbocycles. The number of carbonyl (C=O) groups excluding carboxylic acids is 1. The van der Waals surface area contributed by atoms with Crippen molar-refractivity contribution in [1.82, 2.24) is 4.90 Å². The van der Waals surface area contributed by atoms with E-state index in [-0.39, 0.29) is 6.54 Å². The minimum absolute atomic E-state index is 0.204. The van der Waals surface area contributed by atoms with E-state index in [9.17, 15) is 13.2 Å². The van der Waals surface area contributed by atoms with Gasteiger partial charge in [0, 0.05) is 13.1 Å². The maximum absolute atomic E-state index is 12.4. The molecule has 1 atom stereocenters. The van der Waals surface area contributed by atoms with Crippen LogP contribution in [0.5, 0.6) is 0 Å². The number of carbonyl (C=O) groups is 1. The van der Waals surface area contributed by atoms with Crippen molar-refractivity contribution in [3.8, 4) is 0 Å². The Hall–Kier alpha value is -1.56. The van der Waals surface area contributed by atoms with E-state index in [1.54, 1.807) is 37.3 Å². The van der Waals surface area contributed by atoms with E-state index in [4.69, 9.17) is 4.74 Å². The second-order valence-corrected chi connectivity index (χ2v) is 6.64. The molecule has 1 aromatic rings. The Morgan fingerprint density at radius 1 is 1.37 bits per heavy atom. The van der Waals surface area contributed by atoms with E-state index in [1.165, 1.54) is 4.90 Å². The first-order valence-electron chi connectivity index (χ1n) is 6.26. The number of nitrogens with zero attached hydrogens (tertiary/aromatic N) is 1. The smallest absolute Gasteiger partial charge is 0.409 e. The average Bonchev–Trinajstić information content (AvgIpc) is 2.90. The first-order chi connectivity index (χ1) is 9.05. The van der Waals surface area contributed by atoms with Gasteiger partial charge in [-0.3, -0.25) is 0 Å². The van der Waals surface area contributed by atoms with Crippen LogP contribution in [0.3, 0.4) is 0 Å². The van der Waals surface area contributed by atoms with Gasteiger partial charge in [-0.2, -0.15) is 0 Å². The molecule has 1 heterocycles. The van der Waals surface area contributed by atoms with Gasteiger partial charge in [0.15, 0.2) is 9.84 Å². The Kier molecular flexibility index (Phi) is 4.09. The zero-order valence-electron chi connectivity index (χ0n) is 10.8. The lowest BCUT2D eigenvalue weighted by Crippen LogP contribution is -2.32. The molecular weight excluding hydrogens is 266 g/mol. The summed E-state index contributed by atoms with van der Waals surface area (Å²) in [5, 5.41) is -0.542. The van der Waals surface area contributed by atoms with Crippen molar-refractivity contribution in [3.63, 3.8) is 0 Å². The second-order valence-electron chi connectivity index (χ2n) is 4.41. The molecule has 0 radical (unpaired) electrons. The molecule has 1 unspecified atom stereocenters. The minimum atomic E-state index is -3.37. The highest BCUT2D eigenvalue weighted by atomic mass is 32.2. The molecular formula is C13H17NO4S. The van der Waals surface area contributed by atoms with E-state index < -0.39 is 21.2 Å². The molecule has 0 N–H and O–H groups in total. The maximum Gasteiger partial charge on any atom is 0.409 e. The summed E-state index contributed by atoms with van der Waals surface area (Å²) in [5.74, 6) is 0. The van der Waals surface area contributed by atoms with E-state index in [0.717, 1.165) is 0 Å². The molecule has 2 rings (SSSR count). The van der Waals surface area contributed by atoms with Crippen molar-refractivity contribution in [3.05, 3.63) is 30.3 Å². The molecule has 0 saturated carbocycles. The van der Waals surface area contributed by atoms with Crippen LogP contribution in [0.1, 0.15) is 13.3 Å². The predicted molar refractivity (Wildman–Crippen MR) is 70.6 cm³/mol. The average molecular weight is 283 g/mol. The topological polar surface area (TPSA) is 63.7 Å². The highest BCUT2D eigenvalue weighted by molar-refractivity contribution is 7.92. The van der Waals surface area contributed by atoms with Crippen molar-refractivity contribution in [2.24, 2.45) is 0 Å². The Labute approximate surface area is 113 Å². The number of ether oxygens (including phenoxy) is 1. The number of sulfone groups is 1. The first kappa shape index (κ1) is 13.9. The molecule has 0 aromatic heterocycles. The van der Waals surface area contributed by atoms with E-state index in [0.29, 0.717) is 24.5 Å². The third-order valence-corrected chi connectivity index (χ3v) is 5.37. The quantitative estimate of drug-likeness (QED) is 0.847. The van der Waals surface area contributed by atoms with Crippen LogP contribution in [0.2, 0.25) is 0 Å². The summed E-state index contributed by atoms with van der Waals surface area (Å²) in [6.07, 6.45) is 0.0176. The van der Waals surface area contributed by atoms with E-state index in [1.807, 2.05) is 0 Å². The van der Waals surface area contributed by atoms with Gasteiger partial charge in [-0.05, 0) is 25.5 Å². The third-order valence-electron chi connectivity index (χ3n) is 3.18. The number of hydrogen-bond donors (Lipinski definition) is 0. The minimum Gasteiger partial charge on any atom is -0.450 e. The zero-order valence-corrected chi connectivity index (χ0v) is 11.6. The maximum atomic E-state index is 12.4. The zero-order chi connectivity index (χ0) is 13.9. The lowest BCUT2D eigenvalue weighted by atomic mass is 10.4. The Morgan fingerprint density at radius 3 is 2.68 bits per heavy atom. The molecule has 5 nitrogen and oxygen atoms in total.